The van der Waals surface area contributed by atoms with Crippen LogP contribution in [-0.2, 0) is 9.59 Å². The number of nitrogens with zero attached hydrogens (tertiary/aromatic N) is 2. The van der Waals surface area contributed by atoms with Crippen molar-refractivity contribution in [2.45, 2.75) is 45.1 Å². The van der Waals surface area contributed by atoms with E-state index in [4.69, 9.17) is 5.73 Å². The fourth-order valence-electron chi connectivity index (χ4n) is 3.84. The maximum absolute atomic E-state index is 12.8. The smallest absolute Gasteiger partial charge is 0.250 e. The summed E-state index contributed by atoms with van der Waals surface area (Å²) in [5.74, 6) is -0.0831. The van der Waals surface area contributed by atoms with E-state index in [1.54, 1.807) is 9.80 Å². The zero-order valence-electron chi connectivity index (χ0n) is 16.3. The molecular weight excluding hydrogens is 366 g/mol. The van der Waals surface area contributed by atoms with E-state index >= 15 is 0 Å². The Morgan fingerprint density at radius 2 is 1.96 bits per heavy atom. The Bertz CT molecular complexity index is 739. The molecule has 0 saturated heterocycles. The number of carbonyl (C=O) groups is 2. The molecule has 2 atom stereocenters. The van der Waals surface area contributed by atoms with Crippen LogP contribution in [0.4, 0.5) is 20.2 Å². The lowest BCUT2D eigenvalue weighted by molar-refractivity contribution is -0.120. The first-order valence-electron chi connectivity index (χ1n) is 9.77. The predicted molar refractivity (Wildman–Crippen MR) is 105 cm³/mol. The number of halogens is 2. The number of carbonyl (C=O) groups excluding carboxylic acids is 2. The normalized spacial score (nSPS) is 20.3. The number of amides is 2. The quantitative estimate of drug-likeness (QED) is 0.742. The van der Waals surface area contributed by atoms with E-state index in [2.05, 4.69) is 5.32 Å². The van der Waals surface area contributed by atoms with E-state index in [1.807, 2.05) is 25.1 Å². The maximum Gasteiger partial charge on any atom is 0.250 e. The van der Waals surface area contributed by atoms with Gasteiger partial charge in [-0.3, -0.25) is 9.59 Å². The second-order valence-electron chi connectivity index (χ2n) is 7.69. The van der Waals surface area contributed by atoms with Gasteiger partial charge < -0.3 is 20.9 Å². The molecule has 6 nitrogen and oxygen atoms in total. The average Bonchev–Trinajstić information content (AvgIpc) is 3.48. The summed E-state index contributed by atoms with van der Waals surface area (Å²) in [5.41, 5.74) is 8.16. The van der Waals surface area contributed by atoms with Gasteiger partial charge in [-0.05, 0) is 37.5 Å². The van der Waals surface area contributed by atoms with Crippen LogP contribution in [0.25, 0.3) is 0 Å². The topological polar surface area (TPSA) is 78.7 Å². The van der Waals surface area contributed by atoms with Gasteiger partial charge >= 0.3 is 0 Å². The largest absolute Gasteiger partial charge is 0.330 e. The number of alkyl halides is 2. The molecule has 1 saturated carbocycles. The fraction of sp³-hybridized carbons (Fsp3) is 0.600. The minimum absolute atomic E-state index is 0.0607. The van der Waals surface area contributed by atoms with Crippen molar-refractivity contribution in [1.29, 1.82) is 0 Å². The molecule has 28 heavy (non-hydrogen) atoms. The van der Waals surface area contributed by atoms with Gasteiger partial charge in [0.25, 0.3) is 6.43 Å². The van der Waals surface area contributed by atoms with Gasteiger partial charge in [0, 0.05) is 38.4 Å². The minimum Gasteiger partial charge on any atom is -0.330 e. The highest BCUT2D eigenvalue weighted by Crippen LogP contribution is 2.41. The molecule has 1 fully saturated rings. The Balaban J connectivity index is 1.92. The highest BCUT2D eigenvalue weighted by Gasteiger charge is 2.39. The van der Waals surface area contributed by atoms with Crippen LogP contribution in [0.3, 0.4) is 0 Å². The molecular formula is C20H28F2N4O2. The van der Waals surface area contributed by atoms with Crippen molar-refractivity contribution in [3.63, 3.8) is 0 Å². The van der Waals surface area contributed by atoms with Crippen molar-refractivity contribution in [2.75, 3.05) is 36.0 Å². The molecule has 0 radical (unpaired) electrons. The third kappa shape index (κ3) is 4.33. The van der Waals surface area contributed by atoms with Crippen LogP contribution in [0, 0.1) is 5.92 Å². The predicted octanol–water partition coefficient (Wildman–Crippen LogP) is 2.08. The van der Waals surface area contributed by atoms with Gasteiger partial charge in [-0.15, -0.1) is 0 Å². The van der Waals surface area contributed by atoms with Gasteiger partial charge in [-0.1, -0.05) is 6.07 Å². The molecule has 154 valence electrons. The molecule has 1 aromatic rings. The highest BCUT2D eigenvalue weighted by molar-refractivity contribution is 6.05. The molecule has 0 bridgehead atoms. The minimum atomic E-state index is -2.42. The summed E-state index contributed by atoms with van der Waals surface area (Å²) in [5, 5.41) is 2.74. The zero-order chi connectivity index (χ0) is 20.4. The number of benzene rings is 1. The zero-order valence-corrected chi connectivity index (χ0v) is 16.3. The molecule has 1 heterocycles. The molecule has 8 heteroatoms. The van der Waals surface area contributed by atoms with Crippen molar-refractivity contribution in [3.8, 4) is 0 Å². The number of rotatable bonds is 7. The first kappa shape index (κ1) is 20.7. The van der Waals surface area contributed by atoms with E-state index in [0.29, 0.717) is 31.0 Å². The Hall–Kier alpha value is -2.06. The average molecular weight is 394 g/mol. The molecule has 2 aliphatic rings. The lowest BCUT2D eigenvalue weighted by Crippen LogP contribution is -2.51. The van der Waals surface area contributed by atoms with Gasteiger partial charge in [0.1, 0.15) is 0 Å². The molecule has 1 aliphatic carbocycles. The summed E-state index contributed by atoms with van der Waals surface area (Å²) in [4.78, 5) is 28.5. The Morgan fingerprint density at radius 3 is 2.54 bits per heavy atom. The van der Waals surface area contributed by atoms with Gasteiger partial charge in [-0.25, -0.2) is 8.78 Å². The van der Waals surface area contributed by atoms with Crippen LogP contribution in [0.1, 0.15) is 38.2 Å². The van der Waals surface area contributed by atoms with Gasteiger partial charge in [0.2, 0.25) is 11.8 Å². The number of fused-ring (bicyclic) bond motifs is 1. The molecule has 1 aromatic carbocycles. The van der Waals surface area contributed by atoms with E-state index in [9.17, 15) is 18.4 Å². The van der Waals surface area contributed by atoms with Crippen molar-refractivity contribution in [3.05, 3.63) is 23.8 Å². The monoisotopic (exact) mass is 394 g/mol. The van der Waals surface area contributed by atoms with Crippen molar-refractivity contribution in [1.82, 2.24) is 5.32 Å². The molecule has 3 N–H and O–H groups in total. The van der Waals surface area contributed by atoms with E-state index in [0.717, 1.165) is 18.4 Å². The summed E-state index contributed by atoms with van der Waals surface area (Å²) in [6.07, 6.45) is -0.616. The Labute approximate surface area is 164 Å². The van der Waals surface area contributed by atoms with Crippen LogP contribution in [0.2, 0.25) is 0 Å². The first-order chi connectivity index (χ1) is 13.3. The van der Waals surface area contributed by atoms with Crippen LogP contribution in [0.5, 0.6) is 0 Å². The first-order valence-corrected chi connectivity index (χ1v) is 9.77. The van der Waals surface area contributed by atoms with Gasteiger partial charge in [0.05, 0.1) is 24.0 Å². The van der Waals surface area contributed by atoms with Crippen molar-refractivity contribution < 1.29 is 18.4 Å². The lowest BCUT2D eigenvalue weighted by Gasteiger charge is -2.41. The third-order valence-corrected chi connectivity index (χ3v) is 5.41. The molecule has 3 rings (SSSR count). The van der Waals surface area contributed by atoms with E-state index in [1.165, 1.54) is 6.92 Å². The number of hydrogen-bond acceptors (Lipinski definition) is 4. The summed E-state index contributed by atoms with van der Waals surface area (Å²) >= 11 is 0. The number of anilines is 2. The molecule has 1 aliphatic heterocycles. The standard InChI is InChI=1S/C20H28F2N4O2/c1-12-11-25(20(28)14-3-4-14)18-7-15(5-6-17(18)26(12)13(2)27)16(8-23)9-24-10-19(21)22/h5-7,12,14,16,19,24H,3-4,8-11,23H2,1-2H3/t12-,16?/m0/s1. The second kappa shape index (κ2) is 8.53. The summed E-state index contributed by atoms with van der Waals surface area (Å²) in [7, 11) is 0. The number of hydrogen-bond donors (Lipinski definition) is 2. The third-order valence-electron chi connectivity index (χ3n) is 5.41. The van der Waals surface area contributed by atoms with Gasteiger partial charge in [-0.2, -0.15) is 0 Å². The van der Waals surface area contributed by atoms with Crippen LogP contribution >= 0.6 is 0 Å². The molecule has 2 amide bonds. The molecule has 0 aromatic heterocycles. The SMILES string of the molecule is CC(=O)N1c2ccc(C(CN)CNCC(F)F)cc2N(C(=O)C2CC2)C[C@@H]1C. The Morgan fingerprint density at radius 1 is 1.25 bits per heavy atom. The second-order valence-corrected chi connectivity index (χ2v) is 7.69. The fourth-order valence-corrected chi connectivity index (χ4v) is 3.84. The number of nitrogens with two attached hydrogens (primary N) is 1. The van der Waals surface area contributed by atoms with E-state index < -0.39 is 6.43 Å². The van der Waals surface area contributed by atoms with E-state index in [-0.39, 0.29) is 36.2 Å². The van der Waals surface area contributed by atoms with Crippen molar-refractivity contribution in [2.24, 2.45) is 11.7 Å². The molecule has 1 unspecified atom stereocenters. The lowest BCUT2D eigenvalue weighted by atomic mass is 9.95. The van der Waals surface area contributed by atoms with Crippen LogP contribution in [0.15, 0.2) is 18.2 Å². The van der Waals surface area contributed by atoms with Crippen LogP contribution in [-0.4, -0.2) is 50.5 Å². The van der Waals surface area contributed by atoms with Gasteiger partial charge in [0.15, 0.2) is 0 Å². The Kier molecular flexibility index (Phi) is 6.30. The summed E-state index contributed by atoms with van der Waals surface area (Å²) < 4.78 is 24.8. The summed E-state index contributed by atoms with van der Waals surface area (Å²) in [6.45, 7) is 4.12. The maximum atomic E-state index is 12.8. The highest BCUT2D eigenvalue weighted by atomic mass is 19.3. The number of nitrogens with one attached hydrogen (secondary N) is 1. The van der Waals surface area contributed by atoms with Crippen molar-refractivity contribution >= 4 is 23.2 Å². The van der Waals surface area contributed by atoms with Crippen LogP contribution < -0.4 is 20.9 Å². The molecule has 0 spiro atoms. The summed E-state index contributed by atoms with van der Waals surface area (Å²) in [6, 6.07) is 5.48.